The summed E-state index contributed by atoms with van der Waals surface area (Å²) in [5.41, 5.74) is 5.78. The van der Waals surface area contributed by atoms with Gasteiger partial charge in [-0.15, -0.1) is 0 Å². The third-order valence-corrected chi connectivity index (χ3v) is 3.07. The first-order valence-corrected chi connectivity index (χ1v) is 6.46. The first kappa shape index (κ1) is 13.5. The molecule has 2 aromatic heterocycles. The second-order valence-corrected chi connectivity index (χ2v) is 4.75. The maximum Gasteiger partial charge on any atom is 0.251 e. The van der Waals surface area contributed by atoms with Gasteiger partial charge in [0.25, 0.3) is 5.56 Å². The molecule has 0 amide bonds. The van der Waals surface area contributed by atoms with Crippen molar-refractivity contribution in [3.8, 4) is 0 Å². The standard InChI is InChI=1S/C11H12FN5OS/c1-2-3-6-4-8(18)16-11(15-6)19-9-7(12)5-14-10(13)17-9/h4-5H,2-3H2,1H3,(H2,13,14,17)(H,15,16,18). The van der Waals surface area contributed by atoms with Crippen LogP contribution in [0, 0.1) is 5.82 Å². The van der Waals surface area contributed by atoms with Gasteiger partial charge in [-0.25, -0.2) is 19.3 Å². The number of nitrogen functional groups attached to an aromatic ring is 1. The lowest BCUT2D eigenvalue weighted by molar-refractivity contribution is 0.580. The average molecular weight is 281 g/mol. The van der Waals surface area contributed by atoms with Gasteiger partial charge in [-0.3, -0.25) is 4.79 Å². The fourth-order valence-corrected chi connectivity index (χ4v) is 2.23. The highest BCUT2D eigenvalue weighted by atomic mass is 32.2. The summed E-state index contributed by atoms with van der Waals surface area (Å²) in [6.07, 6.45) is 2.54. The number of hydrogen-bond donors (Lipinski definition) is 2. The van der Waals surface area contributed by atoms with E-state index < -0.39 is 5.82 Å². The van der Waals surface area contributed by atoms with Crippen molar-refractivity contribution >= 4 is 17.7 Å². The zero-order chi connectivity index (χ0) is 13.8. The minimum absolute atomic E-state index is 0.0315. The van der Waals surface area contributed by atoms with Crippen LogP contribution >= 0.6 is 11.8 Å². The molecule has 0 saturated heterocycles. The van der Waals surface area contributed by atoms with Crippen molar-refractivity contribution in [2.45, 2.75) is 29.9 Å². The molecule has 3 N–H and O–H groups in total. The molecule has 0 radical (unpaired) electrons. The summed E-state index contributed by atoms with van der Waals surface area (Å²) in [5.74, 6) is -0.640. The third kappa shape index (κ3) is 3.50. The van der Waals surface area contributed by atoms with Crippen LogP contribution in [0.15, 0.2) is 27.2 Å². The van der Waals surface area contributed by atoms with E-state index in [-0.39, 0.29) is 21.7 Å². The van der Waals surface area contributed by atoms with Crippen LogP contribution in [0.3, 0.4) is 0 Å². The fourth-order valence-electron chi connectivity index (χ4n) is 1.44. The smallest absolute Gasteiger partial charge is 0.251 e. The summed E-state index contributed by atoms with van der Waals surface area (Å²) >= 11 is 0.910. The molecule has 0 unspecified atom stereocenters. The largest absolute Gasteiger partial charge is 0.368 e. The maximum absolute atomic E-state index is 13.5. The Kier molecular flexibility index (Phi) is 4.10. The molecule has 0 saturated carbocycles. The molecule has 0 aliphatic heterocycles. The Bertz CT molecular complexity index is 645. The molecule has 19 heavy (non-hydrogen) atoms. The van der Waals surface area contributed by atoms with E-state index in [2.05, 4.69) is 19.9 Å². The minimum atomic E-state index is -0.609. The van der Waals surface area contributed by atoms with Crippen LogP contribution in [0.2, 0.25) is 0 Å². The molecule has 0 fully saturated rings. The molecule has 8 heteroatoms. The first-order chi connectivity index (χ1) is 9.08. The van der Waals surface area contributed by atoms with Gasteiger partial charge in [0, 0.05) is 11.8 Å². The Hall–Kier alpha value is -1.96. The van der Waals surface area contributed by atoms with E-state index >= 15 is 0 Å². The zero-order valence-electron chi connectivity index (χ0n) is 10.2. The van der Waals surface area contributed by atoms with E-state index in [4.69, 9.17) is 5.73 Å². The SMILES string of the molecule is CCCc1cc(=O)[nH]c(Sc2nc(N)ncc2F)n1. The molecule has 6 nitrogen and oxygen atoms in total. The van der Waals surface area contributed by atoms with Crippen LogP contribution in [0.1, 0.15) is 19.0 Å². The molecule has 0 spiro atoms. The van der Waals surface area contributed by atoms with Gasteiger partial charge in [-0.1, -0.05) is 13.3 Å². The van der Waals surface area contributed by atoms with Crippen molar-refractivity contribution in [2.24, 2.45) is 0 Å². The lowest BCUT2D eigenvalue weighted by Gasteiger charge is -2.04. The molecular weight excluding hydrogens is 269 g/mol. The van der Waals surface area contributed by atoms with Crippen LogP contribution in [-0.2, 0) is 6.42 Å². The number of H-pyrrole nitrogens is 1. The van der Waals surface area contributed by atoms with Gasteiger partial charge in [0.1, 0.15) is 5.03 Å². The Morgan fingerprint density at radius 3 is 3.00 bits per heavy atom. The highest BCUT2D eigenvalue weighted by molar-refractivity contribution is 7.99. The molecule has 0 aliphatic carbocycles. The van der Waals surface area contributed by atoms with Gasteiger partial charge in [0.2, 0.25) is 5.95 Å². The summed E-state index contributed by atoms with van der Waals surface area (Å²) in [6.45, 7) is 1.99. The average Bonchev–Trinajstić information content (AvgIpc) is 2.33. The number of rotatable bonds is 4. The predicted octanol–water partition coefficient (Wildman–Crippen LogP) is 1.38. The second kappa shape index (κ2) is 5.79. The minimum Gasteiger partial charge on any atom is -0.368 e. The highest BCUT2D eigenvalue weighted by Gasteiger charge is 2.10. The van der Waals surface area contributed by atoms with Gasteiger partial charge in [0.15, 0.2) is 11.0 Å². The normalized spacial score (nSPS) is 10.6. The topological polar surface area (TPSA) is 97.5 Å². The molecule has 100 valence electrons. The van der Waals surface area contributed by atoms with Crippen LogP contribution in [-0.4, -0.2) is 19.9 Å². The van der Waals surface area contributed by atoms with Crippen molar-refractivity contribution in [3.63, 3.8) is 0 Å². The summed E-state index contributed by atoms with van der Waals surface area (Å²) < 4.78 is 13.5. The van der Waals surface area contributed by atoms with E-state index in [0.717, 1.165) is 24.4 Å². The maximum atomic E-state index is 13.5. The molecule has 0 bridgehead atoms. The fraction of sp³-hybridized carbons (Fsp3) is 0.273. The molecule has 0 aromatic carbocycles. The second-order valence-electron chi connectivity index (χ2n) is 3.78. The van der Waals surface area contributed by atoms with Gasteiger partial charge < -0.3 is 10.7 Å². The van der Waals surface area contributed by atoms with Crippen LogP contribution in [0.4, 0.5) is 10.3 Å². The predicted molar refractivity (Wildman–Crippen MR) is 69.4 cm³/mol. The molecule has 2 rings (SSSR count). The van der Waals surface area contributed by atoms with Crippen LogP contribution in [0.25, 0.3) is 0 Å². The number of nitrogens with one attached hydrogen (secondary N) is 1. The Morgan fingerprint density at radius 2 is 2.26 bits per heavy atom. The van der Waals surface area contributed by atoms with E-state index in [1.54, 1.807) is 0 Å². The van der Waals surface area contributed by atoms with Gasteiger partial charge in [-0.2, -0.15) is 0 Å². The number of hydrogen-bond acceptors (Lipinski definition) is 6. The summed E-state index contributed by atoms with van der Waals surface area (Å²) in [4.78, 5) is 25.5. The Labute approximate surface area is 112 Å². The monoisotopic (exact) mass is 281 g/mol. The molecule has 2 heterocycles. The van der Waals surface area contributed by atoms with Gasteiger partial charge in [-0.05, 0) is 18.2 Å². The summed E-state index contributed by atoms with van der Waals surface area (Å²) in [7, 11) is 0. The number of nitrogens with zero attached hydrogens (tertiary/aromatic N) is 3. The molecule has 2 aromatic rings. The van der Waals surface area contributed by atoms with Crippen molar-refractivity contribution in [3.05, 3.63) is 34.1 Å². The van der Waals surface area contributed by atoms with E-state index in [0.29, 0.717) is 12.1 Å². The number of anilines is 1. The number of halogens is 1. The number of aromatic amines is 1. The Balaban J connectivity index is 2.32. The summed E-state index contributed by atoms with van der Waals surface area (Å²) in [5, 5.41) is 0.317. The zero-order valence-corrected chi connectivity index (χ0v) is 11.0. The van der Waals surface area contributed by atoms with E-state index in [1.807, 2.05) is 6.92 Å². The lowest BCUT2D eigenvalue weighted by Crippen LogP contribution is -2.10. The van der Waals surface area contributed by atoms with Crippen molar-refractivity contribution < 1.29 is 4.39 Å². The number of aryl methyl sites for hydroxylation is 1. The quantitative estimate of drug-likeness (QED) is 0.649. The first-order valence-electron chi connectivity index (χ1n) is 5.64. The number of nitrogens with two attached hydrogens (primary N) is 1. The summed E-state index contributed by atoms with van der Waals surface area (Å²) in [6, 6.07) is 1.43. The van der Waals surface area contributed by atoms with Gasteiger partial charge in [0.05, 0.1) is 6.20 Å². The Morgan fingerprint density at radius 1 is 1.47 bits per heavy atom. The van der Waals surface area contributed by atoms with Crippen molar-refractivity contribution in [2.75, 3.05) is 5.73 Å². The van der Waals surface area contributed by atoms with Crippen LogP contribution < -0.4 is 11.3 Å². The lowest BCUT2D eigenvalue weighted by atomic mass is 10.2. The van der Waals surface area contributed by atoms with E-state index in [1.165, 1.54) is 6.07 Å². The molecular formula is C11H12FN5OS. The van der Waals surface area contributed by atoms with Gasteiger partial charge >= 0.3 is 0 Å². The highest BCUT2D eigenvalue weighted by Crippen LogP contribution is 2.24. The third-order valence-electron chi connectivity index (χ3n) is 2.20. The molecule has 0 atom stereocenters. The van der Waals surface area contributed by atoms with Crippen molar-refractivity contribution in [1.29, 1.82) is 0 Å². The van der Waals surface area contributed by atoms with Crippen LogP contribution in [0.5, 0.6) is 0 Å². The molecule has 0 aliphatic rings. The van der Waals surface area contributed by atoms with Crippen molar-refractivity contribution in [1.82, 2.24) is 19.9 Å². The van der Waals surface area contributed by atoms with E-state index in [9.17, 15) is 9.18 Å². The number of aromatic nitrogens is 4.